The Kier molecular flexibility index (Phi) is 3.76. The largest absolute Gasteiger partial charge is 0.383 e. The van der Waals surface area contributed by atoms with Gasteiger partial charge in [-0.3, -0.25) is 0 Å². The minimum Gasteiger partial charge on any atom is -0.383 e. The summed E-state index contributed by atoms with van der Waals surface area (Å²) in [6.07, 6.45) is 0. The Bertz CT molecular complexity index is 294. The fraction of sp³-hybridized carbons (Fsp3) is 0.333. The third-order valence-corrected chi connectivity index (χ3v) is 1.61. The monoisotopic (exact) mass is 205 g/mol. The Morgan fingerprint density at radius 3 is 2.29 bits per heavy atom. The van der Waals surface area contributed by atoms with Gasteiger partial charge in [-0.1, -0.05) is 0 Å². The van der Waals surface area contributed by atoms with Gasteiger partial charge in [0.25, 0.3) is 0 Å². The zero-order valence-corrected chi connectivity index (χ0v) is 7.61. The molecular weight excluding hydrogens is 195 g/mol. The van der Waals surface area contributed by atoms with Crippen LogP contribution in [0.25, 0.3) is 0 Å². The summed E-state index contributed by atoms with van der Waals surface area (Å²) in [5, 5.41) is 2.47. The van der Waals surface area contributed by atoms with E-state index in [1.54, 1.807) is 0 Å². The highest BCUT2D eigenvalue weighted by molar-refractivity contribution is 5.46. The van der Waals surface area contributed by atoms with Gasteiger partial charge in [-0.05, 0) is 0 Å². The van der Waals surface area contributed by atoms with Crippen LogP contribution in [-0.2, 0) is 4.74 Å². The third kappa shape index (κ3) is 2.63. The quantitative estimate of drug-likeness (QED) is 0.760. The van der Waals surface area contributed by atoms with Crippen molar-refractivity contribution in [3.63, 3.8) is 0 Å². The van der Waals surface area contributed by atoms with Crippen LogP contribution in [0.2, 0.25) is 0 Å². The Labute approximate surface area is 79.7 Å². The predicted octanol–water partition coefficient (Wildman–Crippen LogP) is 2.16. The molecule has 0 atom stereocenters. The molecule has 0 aliphatic heterocycles. The van der Waals surface area contributed by atoms with E-state index in [2.05, 4.69) is 10.1 Å². The predicted molar refractivity (Wildman–Crippen MR) is 46.7 cm³/mol. The van der Waals surface area contributed by atoms with Crippen molar-refractivity contribution in [1.29, 1.82) is 0 Å². The number of anilines is 1. The van der Waals surface area contributed by atoms with Crippen molar-refractivity contribution in [2.45, 2.75) is 0 Å². The summed E-state index contributed by atoms with van der Waals surface area (Å²) in [5.41, 5.74) is -0.330. The SMILES string of the molecule is COCCNc1c(F)cc(F)cc1F. The molecule has 0 spiro atoms. The first-order valence-electron chi connectivity index (χ1n) is 4.02. The van der Waals surface area contributed by atoms with Crippen LogP contribution in [0, 0.1) is 17.5 Å². The molecule has 0 radical (unpaired) electrons. The van der Waals surface area contributed by atoms with Crippen LogP contribution in [0.15, 0.2) is 12.1 Å². The van der Waals surface area contributed by atoms with Gasteiger partial charge in [-0.15, -0.1) is 0 Å². The molecule has 0 bridgehead atoms. The van der Waals surface area contributed by atoms with Gasteiger partial charge in [-0.25, -0.2) is 13.2 Å². The molecule has 0 heterocycles. The normalized spacial score (nSPS) is 10.3. The van der Waals surface area contributed by atoms with E-state index in [9.17, 15) is 13.2 Å². The van der Waals surface area contributed by atoms with E-state index in [0.717, 1.165) is 0 Å². The van der Waals surface area contributed by atoms with E-state index in [1.807, 2.05) is 0 Å². The van der Waals surface area contributed by atoms with Crippen LogP contribution in [0.1, 0.15) is 0 Å². The van der Waals surface area contributed by atoms with Crippen molar-refractivity contribution in [3.05, 3.63) is 29.6 Å². The lowest BCUT2D eigenvalue weighted by Gasteiger charge is -2.07. The van der Waals surface area contributed by atoms with Crippen LogP contribution < -0.4 is 5.32 Å². The van der Waals surface area contributed by atoms with E-state index in [-0.39, 0.29) is 12.2 Å². The van der Waals surface area contributed by atoms with Crippen LogP contribution in [0.3, 0.4) is 0 Å². The summed E-state index contributed by atoms with van der Waals surface area (Å²) < 4.78 is 43.1. The van der Waals surface area contributed by atoms with Crippen molar-refractivity contribution in [2.24, 2.45) is 0 Å². The van der Waals surface area contributed by atoms with E-state index in [1.165, 1.54) is 7.11 Å². The van der Waals surface area contributed by atoms with Gasteiger partial charge >= 0.3 is 0 Å². The van der Waals surface area contributed by atoms with Crippen LogP contribution in [0.4, 0.5) is 18.9 Å². The van der Waals surface area contributed by atoms with Gasteiger partial charge in [0.05, 0.1) is 6.61 Å². The molecule has 0 amide bonds. The van der Waals surface area contributed by atoms with Gasteiger partial charge in [-0.2, -0.15) is 0 Å². The molecular formula is C9H10F3NO. The van der Waals surface area contributed by atoms with Crippen molar-refractivity contribution >= 4 is 5.69 Å². The first-order chi connectivity index (χ1) is 6.65. The van der Waals surface area contributed by atoms with Crippen molar-refractivity contribution in [3.8, 4) is 0 Å². The number of rotatable bonds is 4. The van der Waals surface area contributed by atoms with E-state index >= 15 is 0 Å². The molecule has 0 fully saturated rings. The molecule has 0 saturated carbocycles. The molecule has 2 nitrogen and oxygen atoms in total. The topological polar surface area (TPSA) is 21.3 Å². The Morgan fingerprint density at radius 2 is 1.79 bits per heavy atom. The molecule has 0 aliphatic rings. The number of ether oxygens (including phenoxy) is 1. The minimum atomic E-state index is -0.946. The van der Waals surface area contributed by atoms with Gasteiger partial charge in [0, 0.05) is 25.8 Å². The number of hydrogen-bond acceptors (Lipinski definition) is 2. The number of benzene rings is 1. The Hall–Kier alpha value is -1.23. The molecule has 14 heavy (non-hydrogen) atoms. The molecule has 1 N–H and O–H groups in total. The van der Waals surface area contributed by atoms with E-state index in [0.29, 0.717) is 18.7 Å². The van der Waals surface area contributed by atoms with Gasteiger partial charge in [0.2, 0.25) is 0 Å². The lowest BCUT2D eigenvalue weighted by atomic mass is 10.3. The van der Waals surface area contributed by atoms with Crippen molar-refractivity contribution < 1.29 is 17.9 Å². The number of methoxy groups -OCH3 is 1. The van der Waals surface area contributed by atoms with Gasteiger partial charge in [0.15, 0.2) is 11.6 Å². The molecule has 0 saturated heterocycles. The lowest BCUT2D eigenvalue weighted by molar-refractivity contribution is 0.210. The fourth-order valence-corrected chi connectivity index (χ4v) is 0.989. The minimum absolute atomic E-state index is 0.260. The molecule has 0 unspecified atom stereocenters. The van der Waals surface area contributed by atoms with Crippen molar-refractivity contribution in [2.75, 3.05) is 25.6 Å². The highest BCUT2D eigenvalue weighted by Gasteiger charge is 2.10. The molecule has 0 aliphatic carbocycles. The molecule has 0 aromatic heterocycles. The molecule has 5 heteroatoms. The smallest absolute Gasteiger partial charge is 0.152 e. The summed E-state index contributed by atoms with van der Waals surface area (Å²) in [6.45, 7) is 0.576. The molecule has 1 rings (SSSR count). The van der Waals surface area contributed by atoms with Gasteiger partial charge < -0.3 is 10.1 Å². The maximum atomic E-state index is 13.0. The summed E-state index contributed by atoms with van der Waals surface area (Å²) >= 11 is 0. The second-order valence-electron chi connectivity index (χ2n) is 2.66. The average molecular weight is 205 g/mol. The number of hydrogen-bond donors (Lipinski definition) is 1. The highest BCUT2D eigenvalue weighted by Crippen LogP contribution is 2.19. The van der Waals surface area contributed by atoms with Crippen LogP contribution in [0.5, 0.6) is 0 Å². The van der Waals surface area contributed by atoms with Crippen LogP contribution in [-0.4, -0.2) is 20.3 Å². The standard InChI is InChI=1S/C9H10F3NO/c1-14-3-2-13-9-7(11)4-6(10)5-8(9)12/h4-5,13H,2-3H2,1H3. The first kappa shape index (κ1) is 10.8. The summed E-state index contributed by atoms with van der Waals surface area (Å²) in [7, 11) is 1.47. The first-order valence-corrected chi connectivity index (χ1v) is 4.02. The van der Waals surface area contributed by atoms with Crippen LogP contribution >= 0.6 is 0 Å². The third-order valence-electron chi connectivity index (χ3n) is 1.61. The second kappa shape index (κ2) is 4.85. The average Bonchev–Trinajstić information content (AvgIpc) is 2.09. The summed E-state index contributed by atoms with van der Waals surface area (Å²) in [4.78, 5) is 0. The lowest BCUT2D eigenvalue weighted by Crippen LogP contribution is -2.10. The second-order valence-corrected chi connectivity index (χ2v) is 2.66. The van der Waals surface area contributed by atoms with E-state index < -0.39 is 17.5 Å². The summed E-state index contributed by atoms with van der Waals surface area (Å²) in [6, 6.07) is 1.25. The molecule has 78 valence electrons. The zero-order valence-electron chi connectivity index (χ0n) is 7.61. The fourth-order valence-electron chi connectivity index (χ4n) is 0.989. The number of halogens is 3. The van der Waals surface area contributed by atoms with E-state index in [4.69, 9.17) is 0 Å². The molecule has 1 aromatic rings. The Balaban J connectivity index is 2.75. The van der Waals surface area contributed by atoms with Gasteiger partial charge in [0.1, 0.15) is 11.5 Å². The maximum Gasteiger partial charge on any atom is 0.152 e. The zero-order chi connectivity index (χ0) is 10.6. The maximum absolute atomic E-state index is 13.0. The highest BCUT2D eigenvalue weighted by atomic mass is 19.1. The van der Waals surface area contributed by atoms with Crippen molar-refractivity contribution in [1.82, 2.24) is 0 Å². The Morgan fingerprint density at radius 1 is 1.21 bits per heavy atom. The molecule has 1 aromatic carbocycles. The number of nitrogens with one attached hydrogen (secondary N) is 1. The summed E-state index contributed by atoms with van der Waals surface area (Å²) in [5.74, 6) is -2.82.